The Bertz CT molecular complexity index is 1260. The van der Waals surface area contributed by atoms with Crippen molar-refractivity contribution in [3.05, 3.63) is 70.5 Å². The first-order valence-corrected chi connectivity index (χ1v) is 9.57. The number of ether oxygens (including phenoxy) is 1. The molecule has 0 aliphatic carbocycles. The van der Waals surface area contributed by atoms with Crippen molar-refractivity contribution in [1.82, 2.24) is 19.1 Å². The second-order valence-electron chi connectivity index (χ2n) is 7.02. The van der Waals surface area contributed by atoms with Gasteiger partial charge >= 0.3 is 5.97 Å². The largest absolute Gasteiger partial charge is 0.464 e. The fraction of sp³-hybridized carbons (Fsp3) is 0.273. The van der Waals surface area contributed by atoms with E-state index in [4.69, 9.17) is 4.74 Å². The van der Waals surface area contributed by atoms with E-state index in [9.17, 15) is 9.59 Å². The fourth-order valence-electron chi connectivity index (χ4n) is 3.52. The van der Waals surface area contributed by atoms with Gasteiger partial charge in [0.1, 0.15) is 12.4 Å². The summed E-state index contributed by atoms with van der Waals surface area (Å²) in [6.07, 6.45) is 2.07. The third kappa shape index (κ3) is 3.76. The summed E-state index contributed by atoms with van der Waals surface area (Å²) in [4.78, 5) is 33.6. The number of aryl methyl sites for hydroxylation is 3. The summed E-state index contributed by atoms with van der Waals surface area (Å²) in [5, 5.41) is 0.503. The fourth-order valence-corrected chi connectivity index (χ4v) is 3.52. The summed E-state index contributed by atoms with van der Waals surface area (Å²) in [5.41, 5.74) is 3.37. The quantitative estimate of drug-likeness (QED) is 0.374. The van der Waals surface area contributed by atoms with Crippen LogP contribution >= 0.6 is 0 Å². The molecule has 2 heterocycles. The predicted molar refractivity (Wildman–Crippen MR) is 111 cm³/mol. The summed E-state index contributed by atoms with van der Waals surface area (Å²) in [5.74, 6) is 0.481. The Hall–Kier alpha value is -3.48. The van der Waals surface area contributed by atoms with Crippen LogP contribution < -0.4 is 5.56 Å². The van der Waals surface area contributed by atoms with Crippen LogP contribution in [0.2, 0.25) is 0 Å². The second-order valence-corrected chi connectivity index (χ2v) is 7.02. The Balaban J connectivity index is 1.36. The monoisotopic (exact) mass is 390 g/mol. The highest BCUT2D eigenvalue weighted by atomic mass is 16.5. The van der Waals surface area contributed by atoms with Crippen molar-refractivity contribution in [1.29, 1.82) is 0 Å². The number of aromatic nitrogens is 4. The number of nitrogens with zero attached hydrogens (tertiary/aromatic N) is 4. The zero-order valence-corrected chi connectivity index (χ0v) is 16.5. The first-order valence-electron chi connectivity index (χ1n) is 9.57. The number of para-hydroxylation sites is 3. The maximum absolute atomic E-state index is 12.6. The number of rotatable bonds is 6. The van der Waals surface area contributed by atoms with Crippen LogP contribution in [0.3, 0.4) is 0 Å². The van der Waals surface area contributed by atoms with E-state index in [2.05, 4.69) is 14.5 Å². The highest BCUT2D eigenvalue weighted by molar-refractivity contribution is 5.80. The normalized spacial score (nSPS) is 11.2. The van der Waals surface area contributed by atoms with Crippen molar-refractivity contribution in [3.8, 4) is 0 Å². The van der Waals surface area contributed by atoms with Crippen molar-refractivity contribution in [3.63, 3.8) is 0 Å². The van der Waals surface area contributed by atoms with Gasteiger partial charge in [-0.25, -0.2) is 9.97 Å². The summed E-state index contributed by atoms with van der Waals surface area (Å²) < 4.78 is 8.73. The Morgan fingerprint density at radius 2 is 1.93 bits per heavy atom. The first-order chi connectivity index (χ1) is 14.0. The van der Waals surface area contributed by atoms with Crippen LogP contribution in [0.5, 0.6) is 0 Å². The molecular formula is C22H22N4O3. The van der Waals surface area contributed by atoms with E-state index in [0.717, 1.165) is 22.4 Å². The summed E-state index contributed by atoms with van der Waals surface area (Å²) >= 11 is 0. The lowest BCUT2D eigenvalue weighted by Crippen LogP contribution is -2.26. The number of benzene rings is 2. The molecule has 2 aromatic heterocycles. The van der Waals surface area contributed by atoms with E-state index in [1.165, 1.54) is 10.9 Å². The lowest BCUT2D eigenvalue weighted by Gasteiger charge is -2.09. The van der Waals surface area contributed by atoms with Gasteiger partial charge < -0.3 is 9.30 Å². The van der Waals surface area contributed by atoms with Crippen LogP contribution in [0.4, 0.5) is 0 Å². The highest BCUT2D eigenvalue weighted by Gasteiger charge is 2.11. The minimum atomic E-state index is -0.451. The second kappa shape index (κ2) is 7.87. The SMILES string of the molecule is Cc1cccc2c(=O)n(CC(=O)OCCCn3c(C)nc4ccccc43)cnc12. The molecule has 0 radical (unpaired) electrons. The average Bonchev–Trinajstić information content (AvgIpc) is 3.03. The predicted octanol–water partition coefficient (Wildman–Crippen LogP) is 3.00. The van der Waals surface area contributed by atoms with E-state index in [1.54, 1.807) is 6.07 Å². The molecule has 0 N–H and O–H groups in total. The van der Waals surface area contributed by atoms with Gasteiger partial charge in [0.25, 0.3) is 5.56 Å². The Morgan fingerprint density at radius 3 is 2.79 bits per heavy atom. The smallest absolute Gasteiger partial charge is 0.326 e. The summed E-state index contributed by atoms with van der Waals surface area (Å²) in [6.45, 7) is 4.70. The van der Waals surface area contributed by atoms with Crippen LogP contribution in [-0.4, -0.2) is 31.7 Å². The van der Waals surface area contributed by atoms with Gasteiger partial charge in [-0.15, -0.1) is 0 Å². The molecule has 4 aromatic rings. The van der Waals surface area contributed by atoms with E-state index in [-0.39, 0.29) is 18.7 Å². The molecule has 0 unspecified atom stereocenters. The van der Waals surface area contributed by atoms with Gasteiger partial charge in [0.05, 0.1) is 34.9 Å². The third-order valence-electron chi connectivity index (χ3n) is 4.99. The van der Waals surface area contributed by atoms with Crippen molar-refractivity contribution in [2.24, 2.45) is 0 Å². The summed E-state index contributed by atoms with van der Waals surface area (Å²) in [6, 6.07) is 13.4. The first kappa shape index (κ1) is 18.9. The molecule has 0 saturated heterocycles. The highest BCUT2D eigenvalue weighted by Crippen LogP contribution is 2.16. The van der Waals surface area contributed by atoms with E-state index < -0.39 is 5.97 Å². The van der Waals surface area contributed by atoms with Gasteiger partial charge in [0.2, 0.25) is 0 Å². The number of hydrogen-bond acceptors (Lipinski definition) is 5. The van der Waals surface area contributed by atoms with Gasteiger partial charge in [-0.05, 0) is 44.0 Å². The van der Waals surface area contributed by atoms with Crippen molar-refractivity contribution in [2.75, 3.05) is 6.61 Å². The molecule has 0 spiro atoms. The van der Waals surface area contributed by atoms with E-state index in [0.29, 0.717) is 23.9 Å². The van der Waals surface area contributed by atoms with Crippen molar-refractivity contribution >= 4 is 27.9 Å². The lowest BCUT2D eigenvalue weighted by molar-refractivity contribution is -0.144. The maximum atomic E-state index is 12.6. The van der Waals surface area contributed by atoms with Crippen LogP contribution in [0.15, 0.2) is 53.6 Å². The number of fused-ring (bicyclic) bond motifs is 2. The molecule has 0 aliphatic heterocycles. The van der Waals surface area contributed by atoms with Gasteiger partial charge in [-0.3, -0.25) is 14.2 Å². The average molecular weight is 390 g/mol. The molecule has 0 bridgehead atoms. The minimum Gasteiger partial charge on any atom is -0.464 e. The zero-order valence-electron chi connectivity index (χ0n) is 16.5. The molecule has 2 aromatic carbocycles. The molecule has 148 valence electrons. The van der Waals surface area contributed by atoms with Gasteiger partial charge in [0, 0.05) is 6.54 Å². The van der Waals surface area contributed by atoms with Gasteiger partial charge in [-0.1, -0.05) is 24.3 Å². The number of esters is 1. The number of carbonyl (C=O) groups excluding carboxylic acids is 1. The minimum absolute atomic E-state index is 0.150. The van der Waals surface area contributed by atoms with Gasteiger partial charge in [-0.2, -0.15) is 0 Å². The van der Waals surface area contributed by atoms with E-state index in [1.807, 2.05) is 50.2 Å². The van der Waals surface area contributed by atoms with Crippen molar-refractivity contribution < 1.29 is 9.53 Å². The molecule has 0 saturated carbocycles. The van der Waals surface area contributed by atoms with Crippen LogP contribution in [0, 0.1) is 13.8 Å². The molecule has 0 amide bonds. The molecule has 7 heteroatoms. The van der Waals surface area contributed by atoms with E-state index >= 15 is 0 Å². The maximum Gasteiger partial charge on any atom is 0.326 e. The molecular weight excluding hydrogens is 368 g/mol. The number of imidazole rings is 1. The Kier molecular flexibility index (Phi) is 5.12. The van der Waals surface area contributed by atoms with Crippen LogP contribution in [-0.2, 0) is 22.6 Å². The Labute approximate surface area is 167 Å². The molecule has 7 nitrogen and oxygen atoms in total. The Morgan fingerprint density at radius 1 is 1.10 bits per heavy atom. The lowest BCUT2D eigenvalue weighted by atomic mass is 10.1. The topological polar surface area (TPSA) is 79.0 Å². The molecule has 0 atom stereocenters. The molecule has 4 rings (SSSR count). The third-order valence-corrected chi connectivity index (χ3v) is 4.99. The zero-order chi connectivity index (χ0) is 20.4. The number of carbonyl (C=O) groups is 1. The van der Waals surface area contributed by atoms with Crippen molar-refractivity contribution in [2.45, 2.75) is 33.4 Å². The molecule has 29 heavy (non-hydrogen) atoms. The van der Waals surface area contributed by atoms with Gasteiger partial charge in [0.15, 0.2) is 0 Å². The van der Waals surface area contributed by atoms with Crippen LogP contribution in [0.25, 0.3) is 21.9 Å². The number of hydrogen-bond donors (Lipinski definition) is 0. The summed E-state index contributed by atoms with van der Waals surface area (Å²) in [7, 11) is 0. The standard InChI is InChI=1S/C22H22N4O3/c1-15-7-5-8-17-21(15)23-14-25(22(17)28)13-20(27)29-12-6-11-26-16(2)24-18-9-3-4-10-19(18)26/h3-5,7-10,14H,6,11-13H2,1-2H3. The molecule has 0 fully saturated rings. The molecule has 0 aliphatic rings. The van der Waals surface area contributed by atoms with Crippen LogP contribution in [0.1, 0.15) is 17.8 Å².